The van der Waals surface area contributed by atoms with Crippen LogP contribution in [-0.2, 0) is 6.42 Å². The summed E-state index contributed by atoms with van der Waals surface area (Å²) in [6.07, 6.45) is 9.85. The van der Waals surface area contributed by atoms with E-state index in [0.29, 0.717) is 12.2 Å². The molecule has 0 aliphatic rings. The summed E-state index contributed by atoms with van der Waals surface area (Å²) >= 11 is 0. The Morgan fingerprint density at radius 2 is 2.10 bits per heavy atom. The van der Waals surface area contributed by atoms with Crippen molar-refractivity contribution in [1.82, 2.24) is 15.0 Å². The maximum atomic E-state index is 8.17. The van der Waals surface area contributed by atoms with Crippen molar-refractivity contribution >= 4 is 0 Å². The van der Waals surface area contributed by atoms with E-state index in [-0.39, 0.29) is 0 Å². The Kier molecular flexibility index (Phi) is 4.76. The van der Waals surface area contributed by atoms with E-state index < -0.39 is 0 Å². The van der Waals surface area contributed by atoms with Gasteiger partial charge in [-0.05, 0) is 48.4 Å². The van der Waals surface area contributed by atoms with Gasteiger partial charge >= 0.3 is 0 Å². The smallest absolute Gasteiger partial charge is 0.155 e. The Hall–Kier alpha value is -2.77. The summed E-state index contributed by atoms with van der Waals surface area (Å²) in [4.78, 5) is 2.73. The number of benzene rings is 1. The highest BCUT2D eigenvalue weighted by Crippen LogP contribution is 2.11. The molecule has 20 heavy (non-hydrogen) atoms. The van der Waals surface area contributed by atoms with Gasteiger partial charge in [-0.1, -0.05) is 22.5 Å². The predicted molar refractivity (Wildman–Crippen MR) is 76.2 cm³/mol. The number of terminal acetylenes is 1. The first-order chi connectivity index (χ1) is 9.83. The fourth-order valence-electron chi connectivity index (χ4n) is 1.83. The molecule has 100 valence electrons. The van der Waals surface area contributed by atoms with Crippen LogP contribution >= 0.6 is 0 Å². The number of hydrogen-bond acceptors (Lipinski definition) is 3. The van der Waals surface area contributed by atoms with Gasteiger partial charge in [0.2, 0.25) is 0 Å². The van der Waals surface area contributed by atoms with Gasteiger partial charge in [0.25, 0.3) is 0 Å². The van der Waals surface area contributed by atoms with Crippen molar-refractivity contribution in [2.24, 2.45) is 5.11 Å². The van der Waals surface area contributed by atoms with Crippen LogP contribution in [0.25, 0.3) is 16.1 Å². The van der Waals surface area contributed by atoms with Gasteiger partial charge in [0.05, 0.1) is 11.9 Å². The Morgan fingerprint density at radius 1 is 1.30 bits per heavy atom. The van der Waals surface area contributed by atoms with Gasteiger partial charge in [-0.25, -0.2) is 4.68 Å². The normalized spacial score (nSPS) is 9.75. The number of hydrogen-bond donors (Lipinski definition) is 0. The lowest BCUT2D eigenvalue weighted by Crippen LogP contribution is -1.95. The molecule has 6 nitrogen and oxygen atoms in total. The first kappa shape index (κ1) is 13.7. The molecule has 0 spiro atoms. The molecule has 2 aromatic rings. The van der Waals surface area contributed by atoms with Gasteiger partial charge < -0.3 is 0 Å². The van der Waals surface area contributed by atoms with Gasteiger partial charge in [-0.15, -0.1) is 11.5 Å². The molecule has 1 aromatic heterocycles. The summed E-state index contributed by atoms with van der Waals surface area (Å²) in [5.74, 6) is 2.44. The Bertz CT molecular complexity index is 643. The number of aromatic nitrogens is 3. The fourth-order valence-corrected chi connectivity index (χ4v) is 1.83. The molecule has 1 heterocycles. The molecular weight excluding hydrogens is 252 g/mol. The maximum Gasteiger partial charge on any atom is 0.155 e. The van der Waals surface area contributed by atoms with Crippen LogP contribution < -0.4 is 0 Å². The molecule has 0 unspecified atom stereocenters. The number of rotatable bonds is 6. The minimum absolute atomic E-state index is 0.520. The standard InChI is InChI=1S/C14H14N6/c1-2-13-11-20(19-17-13)14-8-6-12(7-9-14)5-3-4-10-16-18-15/h1,6-9,11H,3-5,10H2. The largest absolute Gasteiger partial charge is 0.219 e. The van der Waals surface area contributed by atoms with Crippen LogP contribution in [0, 0.1) is 12.3 Å². The van der Waals surface area contributed by atoms with Crippen LogP contribution in [0.2, 0.25) is 0 Å². The van der Waals surface area contributed by atoms with Gasteiger partial charge in [-0.3, -0.25) is 0 Å². The maximum absolute atomic E-state index is 8.17. The predicted octanol–water partition coefficient (Wildman–Crippen LogP) is 2.88. The third kappa shape index (κ3) is 3.61. The lowest BCUT2D eigenvalue weighted by Gasteiger charge is -2.03. The zero-order valence-corrected chi connectivity index (χ0v) is 11.0. The van der Waals surface area contributed by atoms with E-state index in [1.165, 1.54) is 5.56 Å². The highest BCUT2D eigenvalue weighted by Gasteiger charge is 2.01. The van der Waals surface area contributed by atoms with Crippen LogP contribution in [0.15, 0.2) is 35.6 Å². The SMILES string of the molecule is C#Cc1cn(-c2ccc(CCCCN=[N+]=[N-])cc2)nn1. The molecule has 0 radical (unpaired) electrons. The lowest BCUT2D eigenvalue weighted by molar-refractivity contribution is 0.741. The first-order valence-electron chi connectivity index (χ1n) is 6.32. The molecule has 0 bridgehead atoms. The summed E-state index contributed by atoms with van der Waals surface area (Å²) in [5.41, 5.74) is 10.9. The number of aryl methyl sites for hydroxylation is 1. The van der Waals surface area contributed by atoms with E-state index in [0.717, 1.165) is 24.9 Å². The van der Waals surface area contributed by atoms with E-state index in [1.54, 1.807) is 10.9 Å². The number of azide groups is 1. The number of nitrogens with zero attached hydrogens (tertiary/aromatic N) is 6. The Morgan fingerprint density at radius 3 is 2.75 bits per heavy atom. The van der Waals surface area contributed by atoms with E-state index in [9.17, 15) is 0 Å². The van der Waals surface area contributed by atoms with Crippen molar-refractivity contribution in [3.63, 3.8) is 0 Å². The topological polar surface area (TPSA) is 79.5 Å². The molecule has 0 amide bonds. The highest BCUT2D eigenvalue weighted by molar-refractivity contribution is 5.35. The summed E-state index contributed by atoms with van der Waals surface area (Å²) in [6, 6.07) is 8.08. The Labute approximate surface area is 117 Å². The second kappa shape index (κ2) is 6.98. The first-order valence-corrected chi connectivity index (χ1v) is 6.32. The highest BCUT2D eigenvalue weighted by atomic mass is 15.4. The molecule has 2 rings (SSSR count). The van der Waals surface area contributed by atoms with Crippen molar-refractivity contribution in [2.75, 3.05) is 6.54 Å². The molecule has 0 saturated carbocycles. The molecule has 6 heteroatoms. The van der Waals surface area contributed by atoms with Crippen molar-refractivity contribution in [3.05, 3.63) is 52.2 Å². The minimum Gasteiger partial charge on any atom is -0.219 e. The van der Waals surface area contributed by atoms with E-state index in [2.05, 4.69) is 38.4 Å². The van der Waals surface area contributed by atoms with Crippen LogP contribution in [0.4, 0.5) is 0 Å². The van der Waals surface area contributed by atoms with Gasteiger partial charge in [0, 0.05) is 11.5 Å². The molecule has 0 aliphatic carbocycles. The van der Waals surface area contributed by atoms with Crippen LogP contribution in [0.3, 0.4) is 0 Å². The molecular formula is C14H14N6. The van der Waals surface area contributed by atoms with Crippen molar-refractivity contribution in [1.29, 1.82) is 0 Å². The van der Waals surface area contributed by atoms with Gasteiger partial charge in [0.1, 0.15) is 0 Å². The second-order valence-electron chi connectivity index (χ2n) is 4.27. The van der Waals surface area contributed by atoms with Gasteiger partial charge in [-0.2, -0.15) is 0 Å². The third-order valence-electron chi connectivity index (χ3n) is 2.88. The fraction of sp³-hybridized carbons (Fsp3) is 0.286. The van der Waals surface area contributed by atoms with E-state index >= 15 is 0 Å². The summed E-state index contributed by atoms with van der Waals surface area (Å²) < 4.78 is 1.65. The quantitative estimate of drug-likeness (QED) is 0.265. The summed E-state index contributed by atoms with van der Waals surface area (Å²) in [7, 11) is 0. The van der Waals surface area contributed by atoms with Crippen molar-refractivity contribution in [2.45, 2.75) is 19.3 Å². The molecule has 0 aliphatic heterocycles. The van der Waals surface area contributed by atoms with Crippen molar-refractivity contribution in [3.8, 4) is 18.0 Å². The number of unbranched alkanes of at least 4 members (excludes halogenated alkanes) is 1. The molecule has 0 N–H and O–H groups in total. The van der Waals surface area contributed by atoms with Crippen LogP contribution in [0.5, 0.6) is 0 Å². The summed E-state index contributed by atoms with van der Waals surface area (Å²) in [5, 5.41) is 11.3. The van der Waals surface area contributed by atoms with Crippen LogP contribution in [0.1, 0.15) is 24.1 Å². The average molecular weight is 266 g/mol. The lowest BCUT2D eigenvalue weighted by atomic mass is 10.1. The zero-order valence-electron chi connectivity index (χ0n) is 11.0. The second-order valence-corrected chi connectivity index (χ2v) is 4.27. The molecule has 0 fully saturated rings. The Balaban J connectivity index is 1.92. The average Bonchev–Trinajstić information content (AvgIpc) is 2.97. The summed E-state index contributed by atoms with van der Waals surface area (Å²) in [6.45, 7) is 0.558. The van der Waals surface area contributed by atoms with Gasteiger partial charge in [0.15, 0.2) is 5.69 Å². The monoisotopic (exact) mass is 266 g/mol. The van der Waals surface area contributed by atoms with Crippen LogP contribution in [-0.4, -0.2) is 21.5 Å². The molecule has 0 saturated heterocycles. The van der Waals surface area contributed by atoms with Crippen molar-refractivity contribution < 1.29 is 0 Å². The molecule has 1 aromatic carbocycles. The van der Waals surface area contributed by atoms with E-state index in [4.69, 9.17) is 12.0 Å². The minimum atomic E-state index is 0.520. The molecule has 0 atom stereocenters. The van der Waals surface area contributed by atoms with E-state index in [1.807, 2.05) is 12.1 Å². The zero-order chi connectivity index (χ0) is 14.2. The third-order valence-corrected chi connectivity index (χ3v) is 2.88.